The minimum Gasteiger partial charge on any atom is -0.377 e. The number of hydrogen-bond acceptors (Lipinski definition) is 7. The molecule has 10 heteroatoms. The van der Waals surface area contributed by atoms with Crippen LogP contribution in [0.5, 0.6) is 0 Å². The van der Waals surface area contributed by atoms with Gasteiger partial charge in [-0.2, -0.15) is 0 Å². The second kappa shape index (κ2) is 7.93. The number of rotatable bonds is 5. The van der Waals surface area contributed by atoms with Crippen molar-refractivity contribution < 1.29 is 0 Å². The number of imidazole rings is 1. The lowest BCUT2D eigenvalue weighted by molar-refractivity contribution is 0.836. The normalized spacial score (nSPS) is 11.2. The molecule has 5 rings (SSSR count). The number of aromatic nitrogens is 6. The summed E-state index contributed by atoms with van der Waals surface area (Å²) < 4.78 is 1.55. The molecule has 0 aliphatic carbocycles. The second-order valence-electron chi connectivity index (χ2n) is 7.36. The molecule has 5 aromatic rings. The molecule has 2 N–H and O–H groups in total. The summed E-state index contributed by atoms with van der Waals surface area (Å²) in [5.41, 5.74) is 2.98. The molecule has 9 nitrogen and oxygen atoms in total. The van der Waals surface area contributed by atoms with Gasteiger partial charge in [-0.15, -0.1) is 0 Å². The van der Waals surface area contributed by atoms with Crippen molar-refractivity contribution in [2.45, 2.75) is 6.54 Å². The van der Waals surface area contributed by atoms with Crippen molar-refractivity contribution in [3.63, 3.8) is 0 Å². The van der Waals surface area contributed by atoms with Crippen LogP contribution in [-0.4, -0.2) is 43.6 Å². The molecule has 32 heavy (non-hydrogen) atoms. The number of para-hydroxylation sites is 1. The number of benzene rings is 2. The zero-order chi connectivity index (χ0) is 22.2. The predicted molar refractivity (Wildman–Crippen MR) is 126 cm³/mol. The van der Waals surface area contributed by atoms with E-state index in [1.54, 1.807) is 23.0 Å². The van der Waals surface area contributed by atoms with E-state index < -0.39 is 0 Å². The number of aromatic amines is 1. The number of anilines is 2. The van der Waals surface area contributed by atoms with Gasteiger partial charge < -0.3 is 15.2 Å². The van der Waals surface area contributed by atoms with Crippen LogP contribution in [0.1, 0.15) is 5.82 Å². The van der Waals surface area contributed by atoms with E-state index in [1.807, 2.05) is 49.3 Å². The number of fused-ring (bicyclic) bond motifs is 2. The van der Waals surface area contributed by atoms with Gasteiger partial charge in [-0.25, -0.2) is 19.9 Å². The fraction of sp³-hybridized carbons (Fsp3) is 0.136. The Morgan fingerprint density at radius 1 is 1.09 bits per heavy atom. The topological polar surface area (TPSA) is 105 Å². The van der Waals surface area contributed by atoms with Gasteiger partial charge in [0.2, 0.25) is 0 Å². The van der Waals surface area contributed by atoms with Crippen LogP contribution in [-0.2, 0) is 6.54 Å². The molecular weight excluding hydrogens is 428 g/mol. The van der Waals surface area contributed by atoms with Crippen LogP contribution in [0, 0.1) is 0 Å². The highest BCUT2D eigenvalue weighted by Crippen LogP contribution is 2.25. The molecule has 0 amide bonds. The van der Waals surface area contributed by atoms with E-state index in [2.05, 4.69) is 25.3 Å². The lowest BCUT2D eigenvalue weighted by Gasteiger charge is -2.19. The highest BCUT2D eigenvalue weighted by molar-refractivity contribution is 6.32. The van der Waals surface area contributed by atoms with Gasteiger partial charge in [-0.05, 0) is 24.3 Å². The Balaban J connectivity index is 1.71. The maximum Gasteiger partial charge on any atom is 0.268 e. The maximum atomic E-state index is 13.8. The first-order chi connectivity index (χ1) is 15.5. The molecule has 0 atom stereocenters. The average Bonchev–Trinajstić information content (AvgIpc) is 3.27. The molecule has 3 aromatic heterocycles. The van der Waals surface area contributed by atoms with E-state index in [4.69, 9.17) is 16.6 Å². The first-order valence-electron chi connectivity index (χ1n) is 9.89. The minimum atomic E-state index is -0.197. The minimum absolute atomic E-state index is 0.197. The Kier molecular flexibility index (Phi) is 4.95. The molecule has 0 spiro atoms. The lowest BCUT2D eigenvalue weighted by atomic mass is 10.2. The van der Waals surface area contributed by atoms with Gasteiger partial charge in [-0.3, -0.25) is 9.36 Å². The molecule has 0 unspecified atom stereocenters. The molecule has 0 aliphatic heterocycles. The second-order valence-corrected chi connectivity index (χ2v) is 7.77. The zero-order valence-electron chi connectivity index (χ0n) is 17.4. The summed E-state index contributed by atoms with van der Waals surface area (Å²) in [6, 6.07) is 12.8. The summed E-state index contributed by atoms with van der Waals surface area (Å²) in [4.78, 5) is 36.2. The molecule has 0 saturated heterocycles. The molecule has 160 valence electrons. The van der Waals surface area contributed by atoms with Gasteiger partial charge in [0.25, 0.3) is 5.56 Å². The number of H-pyrrole nitrogens is 1. The Morgan fingerprint density at radius 2 is 1.94 bits per heavy atom. The lowest BCUT2D eigenvalue weighted by Crippen LogP contribution is -2.27. The summed E-state index contributed by atoms with van der Waals surface area (Å²) in [5, 5.41) is 4.22. The van der Waals surface area contributed by atoms with Crippen molar-refractivity contribution in [3.8, 4) is 5.69 Å². The third kappa shape index (κ3) is 3.32. The molecule has 2 aromatic carbocycles. The molecular formula is C22H19ClN8O. The van der Waals surface area contributed by atoms with Crippen molar-refractivity contribution >= 4 is 45.2 Å². The van der Waals surface area contributed by atoms with Gasteiger partial charge in [0.15, 0.2) is 11.5 Å². The van der Waals surface area contributed by atoms with Crippen LogP contribution in [0.3, 0.4) is 0 Å². The highest BCUT2D eigenvalue weighted by Gasteiger charge is 2.18. The van der Waals surface area contributed by atoms with Crippen molar-refractivity contribution in [1.82, 2.24) is 29.5 Å². The van der Waals surface area contributed by atoms with E-state index in [1.165, 1.54) is 6.33 Å². The molecule has 0 aliphatic rings. The number of hydrogen-bond donors (Lipinski definition) is 2. The van der Waals surface area contributed by atoms with Gasteiger partial charge >= 0.3 is 0 Å². The van der Waals surface area contributed by atoms with Crippen molar-refractivity contribution in [1.29, 1.82) is 0 Å². The Morgan fingerprint density at radius 3 is 2.75 bits per heavy atom. The zero-order valence-corrected chi connectivity index (χ0v) is 18.1. The SMILES string of the molecule is CN(C)c1cccc2nc(CNc3ncnc4[nH]cnc34)n(-c3ccccc3Cl)c(=O)c12. The van der Waals surface area contributed by atoms with Crippen LogP contribution < -0.4 is 15.8 Å². The van der Waals surface area contributed by atoms with Gasteiger partial charge in [0.1, 0.15) is 17.7 Å². The molecule has 0 saturated carbocycles. The Labute approximate surface area is 187 Å². The van der Waals surface area contributed by atoms with E-state index in [0.717, 1.165) is 5.69 Å². The quantitative estimate of drug-likeness (QED) is 0.426. The third-order valence-corrected chi connectivity index (χ3v) is 5.47. The molecule has 0 fully saturated rings. The van der Waals surface area contributed by atoms with E-state index in [-0.39, 0.29) is 12.1 Å². The van der Waals surface area contributed by atoms with Crippen molar-refractivity contribution in [2.75, 3.05) is 24.3 Å². The first-order valence-corrected chi connectivity index (χ1v) is 10.3. The van der Waals surface area contributed by atoms with E-state index >= 15 is 0 Å². The van der Waals surface area contributed by atoms with Crippen LogP contribution in [0.4, 0.5) is 11.5 Å². The number of halogens is 1. The summed E-state index contributed by atoms with van der Waals surface area (Å²) >= 11 is 6.48. The maximum absolute atomic E-state index is 13.8. The summed E-state index contributed by atoms with van der Waals surface area (Å²) in [7, 11) is 3.79. The van der Waals surface area contributed by atoms with Gasteiger partial charge in [-0.1, -0.05) is 29.8 Å². The fourth-order valence-corrected chi connectivity index (χ4v) is 3.91. The standard InChI is InChI=1S/C22H19ClN8O/c1-30(2)16-9-5-7-14-18(16)22(32)31(15-8-4-3-6-13(15)23)17(29-14)10-24-20-19-21(26-11-25-19)28-12-27-20/h3-9,11-12H,10H2,1-2H3,(H2,24,25,26,27,28). The smallest absolute Gasteiger partial charge is 0.268 e. The average molecular weight is 447 g/mol. The van der Waals surface area contributed by atoms with E-state index in [0.29, 0.717) is 44.4 Å². The number of nitrogens with zero attached hydrogens (tertiary/aromatic N) is 6. The summed E-state index contributed by atoms with van der Waals surface area (Å²) in [6.07, 6.45) is 3.00. The van der Waals surface area contributed by atoms with Crippen molar-refractivity contribution in [3.05, 3.63) is 76.3 Å². The Hall–Kier alpha value is -3.98. The first kappa shape index (κ1) is 20.0. The van der Waals surface area contributed by atoms with Gasteiger partial charge in [0.05, 0.1) is 40.2 Å². The van der Waals surface area contributed by atoms with Gasteiger partial charge in [0, 0.05) is 14.1 Å². The van der Waals surface area contributed by atoms with Crippen LogP contribution in [0.25, 0.3) is 27.8 Å². The number of nitrogens with one attached hydrogen (secondary N) is 2. The molecule has 0 radical (unpaired) electrons. The third-order valence-electron chi connectivity index (χ3n) is 5.15. The highest BCUT2D eigenvalue weighted by atomic mass is 35.5. The largest absolute Gasteiger partial charge is 0.377 e. The van der Waals surface area contributed by atoms with Crippen molar-refractivity contribution in [2.24, 2.45) is 0 Å². The van der Waals surface area contributed by atoms with E-state index in [9.17, 15) is 4.79 Å². The van der Waals surface area contributed by atoms with Crippen LogP contribution >= 0.6 is 11.6 Å². The summed E-state index contributed by atoms with van der Waals surface area (Å²) in [6.45, 7) is 0.224. The van der Waals surface area contributed by atoms with Crippen LogP contribution in [0.2, 0.25) is 5.02 Å². The fourth-order valence-electron chi connectivity index (χ4n) is 3.69. The predicted octanol–water partition coefficient (Wildman–Crippen LogP) is 3.38. The molecule has 3 heterocycles. The molecule has 0 bridgehead atoms. The van der Waals surface area contributed by atoms with Crippen LogP contribution in [0.15, 0.2) is 59.9 Å². The Bertz CT molecular complexity index is 1510. The monoisotopic (exact) mass is 446 g/mol. The summed E-state index contributed by atoms with van der Waals surface area (Å²) in [5.74, 6) is 1.03.